The molecular weight excluding hydrogens is 547 g/mol. The van der Waals surface area contributed by atoms with Crippen molar-refractivity contribution in [3.8, 4) is 22.6 Å². The van der Waals surface area contributed by atoms with Crippen LogP contribution in [0.15, 0.2) is 73.2 Å². The van der Waals surface area contributed by atoms with Gasteiger partial charge in [-0.2, -0.15) is 13.2 Å². The van der Waals surface area contributed by atoms with Crippen LogP contribution in [0, 0.1) is 0 Å². The highest BCUT2D eigenvalue weighted by atomic mass is 19.4. The number of alkyl halides is 3. The van der Waals surface area contributed by atoms with Crippen LogP contribution in [0.5, 0.6) is 0 Å². The Labute approximate surface area is 239 Å². The summed E-state index contributed by atoms with van der Waals surface area (Å²) in [4.78, 5) is 34.3. The van der Waals surface area contributed by atoms with E-state index in [-0.39, 0.29) is 0 Å². The number of nitrogens with zero attached hydrogens (tertiary/aromatic N) is 5. The molecule has 0 aliphatic heterocycles. The molecule has 1 amide bonds. The summed E-state index contributed by atoms with van der Waals surface area (Å²) in [5.74, 6) is 0.794. The monoisotopic (exact) mass is 575 g/mol. The Hall–Kier alpha value is -5.00. The van der Waals surface area contributed by atoms with Crippen LogP contribution in [-0.4, -0.2) is 48.6 Å². The lowest BCUT2D eigenvalue weighted by atomic mass is 10.2. The average Bonchev–Trinajstić information content (AvgIpc) is 3.37. The second-order valence-electron chi connectivity index (χ2n) is 10.7. The van der Waals surface area contributed by atoms with Gasteiger partial charge < -0.3 is 19.9 Å². The first-order chi connectivity index (χ1) is 19.8. The number of H-pyrrole nitrogens is 1. The van der Waals surface area contributed by atoms with Crippen LogP contribution in [0.3, 0.4) is 0 Å². The zero-order chi connectivity index (χ0) is 30.1. The Morgan fingerprint density at radius 2 is 1.71 bits per heavy atom. The number of hydrogen-bond donors (Lipinski definition) is 2. The summed E-state index contributed by atoms with van der Waals surface area (Å²) in [7, 11) is 1.67. The van der Waals surface area contributed by atoms with Gasteiger partial charge in [0, 0.05) is 42.5 Å². The summed E-state index contributed by atoms with van der Waals surface area (Å²) in [5, 5.41) is 3.13. The number of anilines is 2. The first-order valence-corrected chi connectivity index (χ1v) is 13.0. The molecule has 0 spiro atoms. The van der Waals surface area contributed by atoms with Crippen molar-refractivity contribution >= 4 is 28.8 Å². The molecule has 0 saturated carbocycles. The van der Waals surface area contributed by atoms with E-state index in [4.69, 9.17) is 4.74 Å². The molecule has 3 heterocycles. The molecule has 9 nitrogen and oxygen atoms in total. The molecule has 5 rings (SSSR count). The maximum absolute atomic E-state index is 13.1. The van der Waals surface area contributed by atoms with Crippen molar-refractivity contribution in [1.82, 2.24) is 29.8 Å². The Balaban J connectivity index is 1.24. The average molecular weight is 576 g/mol. The van der Waals surface area contributed by atoms with Gasteiger partial charge in [-0.3, -0.25) is 4.98 Å². The lowest BCUT2D eigenvalue weighted by Gasteiger charge is -2.24. The number of rotatable bonds is 6. The van der Waals surface area contributed by atoms with E-state index in [9.17, 15) is 18.0 Å². The predicted molar refractivity (Wildman–Crippen MR) is 153 cm³/mol. The van der Waals surface area contributed by atoms with Crippen molar-refractivity contribution in [2.75, 3.05) is 12.4 Å². The Morgan fingerprint density at radius 1 is 0.952 bits per heavy atom. The van der Waals surface area contributed by atoms with E-state index in [2.05, 4.69) is 30.2 Å². The molecule has 42 heavy (non-hydrogen) atoms. The van der Waals surface area contributed by atoms with Crippen LogP contribution in [0.25, 0.3) is 33.7 Å². The van der Waals surface area contributed by atoms with E-state index >= 15 is 0 Å². The highest BCUT2D eigenvalue weighted by molar-refractivity contribution is 5.81. The van der Waals surface area contributed by atoms with Gasteiger partial charge in [0.25, 0.3) is 0 Å². The van der Waals surface area contributed by atoms with Crippen LogP contribution >= 0.6 is 0 Å². The molecule has 0 unspecified atom stereocenters. The normalized spacial score (nSPS) is 11.9. The number of hydrogen-bond acceptors (Lipinski definition) is 7. The minimum absolute atomic E-state index is 0.300. The number of benzene rings is 2. The third-order valence-electron chi connectivity index (χ3n) is 6.10. The zero-order valence-corrected chi connectivity index (χ0v) is 23.3. The third-order valence-corrected chi connectivity index (χ3v) is 6.10. The summed E-state index contributed by atoms with van der Waals surface area (Å²) in [6.07, 6.45) is 0.136. The van der Waals surface area contributed by atoms with Gasteiger partial charge in [0.2, 0.25) is 5.95 Å². The molecule has 0 atom stereocenters. The highest BCUT2D eigenvalue weighted by Crippen LogP contribution is 2.32. The zero-order valence-electron chi connectivity index (χ0n) is 23.3. The van der Waals surface area contributed by atoms with Gasteiger partial charge in [-0.15, -0.1) is 0 Å². The Bertz CT molecular complexity index is 1710. The van der Waals surface area contributed by atoms with E-state index in [0.717, 1.165) is 17.7 Å². The molecule has 0 aliphatic rings. The molecular formula is C30H28F3N7O2. The number of aromatic amines is 1. The van der Waals surface area contributed by atoms with Gasteiger partial charge in [-0.05, 0) is 62.7 Å². The molecule has 3 aromatic heterocycles. The van der Waals surface area contributed by atoms with Crippen molar-refractivity contribution in [3.63, 3.8) is 0 Å². The number of amides is 1. The Morgan fingerprint density at radius 3 is 2.38 bits per heavy atom. The summed E-state index contributed by atoms with van der Waals surface area (Å²) in [6, 6.07) is 14.3. The van der Waals surface area contributed by atoms with Crippen molar-refractivity contribution in [2.45, 2.75) is 39.1 Å². The van der Waals surface area contributed by atoms with Crippen LogP contribution in [0.2, 0.25) is 0 Å². The maximum atomic E-state index is 13.1. The molecule has 0 bridgehead atoms. The van der Waals surface area contributed by atoms with E-state index in [1.807, 2.05) is 39.0 Å². The molecule has 2 N–H and O–H groups in total. The first kappa shape index (κ1) is 28.5. The van der Waals surface area contributed by atoms with Crippen molar-refractivity contribution in [3.05, 3.63) is 84.3 Å². The quantitative estimate of drug-likeness (QED) is 0.220. The minimum atomic E-state index is -4.43. The SMILES string of the molecule is CN(Cc1ccc(-c2cnc(Nc3cccc(-c4nc5ccc(C(F)(F)F)cc5[nH]4)c3)nc2)nc1)C(=O)OC(C)(C)C. The third kappa shape index (κ3) is 6.82. The number of carbonyl (C=O) groups excluding carboxylic acids is 1. The van der Waals surface area contributed by atoms with Crippen LogP contribution < -0.4 is 5.32 Å². The topological polar surface area (TPSA) is 109 Å². The van der Waals surface area contributed by atoms with Crippen molar-refractivity contribution in [2.24, 2.45) is 0 Å². The van der Waals surface area contributed by atoms with E-state index in [1.54, 1.807) is 43.8 Å². The van der Waals surface area contributed by atoms with Gasteiger partial charge in [0.15, 0.2) is 0 Å². The second kappa shape index (κ2) is 11.1. The molecule has 0 saturated heterocycles. The highest BCUT2D eigenvalue weighted by Gasteiger charge is 2.30. The fourth-order valence-corrected chi connectivity index (χ4v) is 4.09. The second-order valence-corrected chi connectivity index (χ2v) is 10.7. The molecule has 5 aromatic rings. The van der Waals surface area contributed by atoms with Gasteiger partial charge in [0.1, 0.15) is 11.4 Å². The lowest BCUT2D eigenvalue weighted by molar-refractivity contribution is -0.137. The number of ether oxygens (including phenoxy) is 1. The standard InChI is InChI=1S/C30H28F3N7O2/c1-29(2,3)42-28(41)40(4)17-18-8-10-23(34-14-18)20-15-35-27(36-16-20)37-22-7-5-6-19(12-22)26-38-24-11-9-21(30(31,32)33)13-25(24)39-26/h5-16H,17H2,1-4H3,(H,38,39)(H,35,36,37). The van der Waals surface area contributed by atoms with Crippen LogP contribution in [-0.2, 0) is 17.5 Å². The number of imidazole rings is 1. The Kier molecular flexibility index (Phi) is 7.55. The number of halogens is 3. The van der Waals surface area contributed by atoms with Gasteiger partial charge in [0.05, 0.1) is 28.8 Å². The number of nitrogens with one attached hydrogen (secondary N) is 2. The van der Waals surface area contributed by atoms with Crippen LogP contribution in [0.1, 0.15) is 31.9 Å². The fraction of sp³-hybridized carbons (Fsp3) is 0.233. The van der Waals surface area contributed by atoms with E-state index in [0.29, 0.717) is 51.9 Å². The molecule has 2 aromatic carbocycles. The number of aromatic nitrogens is 5. The van der Waals surface area contributed by atoms with Crippen molar-refractivity contribution < 1.29 is 22.7 Å². The smallest absolute Gasteiger partial charge is 0.416 e. The molecule has 12 heteroatoms. The van der Waals surface area contributed by atoms with Crippen molar-refractivity contribution in [1.29, 1.82) is 0 Å². The summed E-state index contributed by atoms with van der Waals surface area (Å²) in [5.41, 5.74) is 3.01. The minimum Gasteiger partial charge on any atom is -0.444 e. The maximum Gasteiger partial charge on any atom is 0.416 e. The summed E-state index contributed by atoms with van der Waals surface area (Å²) >= 11 is 0. The number of fused-ring (bicyclic) bond motifs is 1. The van der Waals surface area contributed by atoms with Crippen LogP contribution in [0.4, 0.5) is 29.6 Å². The summed E-state index contributed by atoms with van der Waals surface area (Å²) < 4.78 is 44.6. The largest absolute Gasteiger partial charge is 0.444 e. The molecule has 0 fully saturated rings. The molecule has 0 radical (unpaired) electrons. The molecule has 0 aliphatic carbocycles. The van der Waals surface area contributed by atoms with E-state index < -0.39 is 23.4 Å². The van der Waals surface area contributed by atoms with Gasteiger partial charge in [-0.1, -0.05) is 18.2 Å². The lowest BCUT2D eigenvalue weighted by Crippen LogP contribution is -2.33. The number of carbonyl (C=O) groups is 1. The van der Waals surface area contributed by atoms with Gasteiger partial charge in [-0.25, -0.2) is 19.7 Å². The van der Waals surface area contributed by atoms with E-state index in [1.165, 1.54) is 11.0 Å². The molecule has 216 valence electrons. The number of pyridine rings is 1. The predicted octanol–water partition coefficient (Wildman–Crippen LogP) is 7.21. The first-order valence-electron chi connectivity index (χ1n) is 13.0. The fourth-order valence-electron chi connectivity index (χ4n) is 4.09. The summed E-state index contributed by atoms with van der Waals surface area (Å²) in [6.45, 7) is 5.80. The van der Waals surface area contributed by atoms with Gasteiger partial charge >= 0.3 is 12.3 Å².